The van der Waals surface area contributed by atoms with Crippen LogP contribution < -0.4 is 5.32 Å². The van der Waals surface area contributed by atoms with E-state index < -0.39 is 5.79 Å². The lowest BCUT2D eigenvalue weighted by atomic mass is 10.2. The first kappa shape index (κ1) is 15.1. The fourth-order valence-corrected chi connectivity index (χ4v) is 4.74. The molecule has 0 bridgehead atoms. The van der Waals surface area contributed by atoms with Gasteiger partial charge in [-0.2, -0.15) is 4.98 Å². The molecule has 2 aromatic heterocycles. The van der Waals surface area contributed by atoms with E-state index in [1.165, 1.54) is 4.88 Å². The highest BCUT2D eigenvalue weighted by molar-refractivity contribution is 7.99. The molecular formula is C15H14ClN3O2S2. The van der Waals surface area contributed by atoms with E-state index in [1.54, 1.807) is 35.6 Å². The zero-order valence-electron chi connectivity index (χ0n) is 12.3. The van der Waals surface area contributed by atoms with Crippen LogP contribution in [0.1, 0.15) is 22.4 Å². The van der Waals surface area contributed by atoms with Crippen molar-refractivity contribution in [1.29, 1.82) is 0 Å². The molecular weight excluding hydrogens is 354 g/mol. The maximum atomic E-state index is 6.01. The number of hydrogen-bond donors (Lipinski definition) is 1. The molecule has 8 heteroatoms. The minimum Gasteiger partial charge on any atom is -0.452 e. The van der Waals surface area contributed by atoms with Crippen molar-refractivity contribution < 1.29 is 9.47 Å². The zero-order valence-corrected chi connectivity index (χ0v) is 14.7. The molecule has 4 heterocycles. The summed E-state index contributed by atoms with van der Waals surface area (Å²) in [6, 6.07) is 4.10. The van der Waals surface area contributed by atoms with E-state index in [0.29, 0.717) is 11.8 Å². The van der Waals surface area contributed by atoms with Crippen molar-refractivity contribution in [3.05, 3.63) is 45.4 Å². The molecule has 0 radical (unpaired) electrons. The van der Waals surface area contributed by atoms with Crippen LogP contribution in [0.2, 0.25) is 5.28 Å². The monoisotopic (exact) mass is 367 g/mol. The van der Waals surface area contributed by atoms with Gasteiger partial charge in [-0.15, -0.1) is 23.1 Å². The van der Waals surface area contributed by atoms with Crippen LogP contribution >= 0.6 is 34.7 Å². The van der Waals surface area contributed by atoms with E-state index in [2.05, 4.69) is 21.4 Å². The second-order valence-corrected chi connectivity index (χ2v) is 7.90. The minimum atomic E-state index is -0.710. The number of fused-ring (bicyclic) bond motifs is 1. The van der Waals surface area contributed by atoms with Crippen LogP contribution in [0.25, 0.3) is 0 Å². The van der Waals surface area contributed by atoms with Crippen LogP contribution in [0.5, 0.6) is 0 Å². The summed E-state index contributed by atoms with van der Waals surface area (Å²) in [4.78, 5) is 11.9. The van der Waals surface area contributed by atoms with Crippen LogP contribution in [-0.2, 0) is 28.2 Å². The van der Waals surface area contributed by atoms with Crippen molar-refractivity contribution in [3.8, 4) is 0 Å². The second-order valence-electron chi connectivity index (χ2n) is 5.29. The quantitative estimate of drug-likeness (QED) is 0.819. The van der Waals surface area contributed by atoms with E-state index in [1.807, 2.05) is 13.0 Å². The summed E-state index contributed by atoms with van der Waals surface area (Å²) in [6.07, 6.45) is 4.09. The van der Waals surface area contributed by atoms with Crippen LogP contribution in [0.15, 0.2) is 29.6 Å². The fourth-order valence-electron chi connectivity index (χ4n) is 2.50. The number of nitrogens with zero attached hydrogens (tertiary/aromatic N) is 2. The number of halogens is 1. The van der Waals surface area contributed by atoms with Gasteiger partial charge in [-0.25, -0.2) is 4.98 Å². The van der Waals surface area contributed by atoms with E-state index in [9.17, 15) is 0 Å². The number of aromatic nitrogens is 2. The lowest BCUT2D eigenvalue weighted by Gasteiger charge is -2.21. The number of rotatable bonds is 4. The van der Waals surface area contributed by atoms with Crippen molar-refractivity contribution >= 4 is 40.5 Å². The van der Waals surface area contributed by atoms with E-state index >= 15 is 0 Å². The molecule has 0 aromatic carbocycles. The fraction of sp³-hybridized carbons (Fsp3) is 0.333. The van der Waals surface area contributed by atoms with Crippen molar-refractivity contribution in [2.75, 3.05) is 11.1 Å². The molecule has 2 aliphatic rings. The van der Waals surface area contributed by atoms with Gasteiger partial charge in [-0.1, -0.05) is 0 Å². The average Bonchev–Trinajstić information content (AvgIpc) is 3.24. The highest BCUT2D eigenvalue weighted by Gasteiger charge is 2.33. The SMILES string of the molecule is CC1(c2ccc(CNc3nc(Cl)nc4c3SCC4)s2)OC=CO1. The lowest BCUT2D eigenvalue weighted by molar-refractivity contribution is -0.130. The molecule has 0 saturated carbocycles. The van der Waals surface area contributed by atoms with Gasteiger partial charge in [0.2, 0.25) is 5.28 Å². The molecule has 0 saturated heterocycles. The third kappa shape index (κ3) is 2.88. The first-order chi connectivity index (χ1) is 11.1. The molecule has 2 aromatic rings. The van der Waals surface area contributed by atoms with Crippen LogP contribution in [0.4, 0.5) is 5.82 Å². The lowest BCUT2D eigenvalue weighted by Crippen LogP contribution is -2.20. The number of nitrogens with one attached hydrogen (secondary N) is 1. The topological polar surface area (TPSA) is 56.3 Å². The molecule has 0 atom stereocenters. The summed E-state index contributed by atoms with van der Waals surface area (Å²) >= 11 is 9.43. The van der Waals surface area contributed by atoms with Crippen LogP contribution in [0, 0.1) is 0 Å². The third-order valence-corrected chi connectivity index (χ3v) is 6.24. The number of thioether (sulfide) groups is 1. The normalized spacial score (nSPS) is 17.7. The Bertz CT molecular complexity index is 770. The predicted octanol–water partition coefficient (Wildman–Crippen LogP) is 4.14. The van der Waals surface area contributed by atoms with Crippen molar-refractivity contribution in [1.82, 2.24) is 9.97 Å². The predicted molar refractivity (Wildman–Crippen MR) is 91.8 cm³/mol. The summed E-state index contributed by atoms with van der Waals surface area (Å²) in [5, 5.41) is 3.67. The molecule has 23 heavy (non-hydrogen) atoms. The van der Waals surface area contributed by atoms with Gasteiger partial charge in [0, 0.05) is 24.0 Å². The Balaban J connectivity index is 1.49. The number of hydrogen-bond acceptors (Lipinski definition) is 7. The number of thiophene rings is 1. The highest BCUT2D eigenvalue weighted by Crippen LogP contribution is 2.38. The van der Waals surface area contributed by atoms with Gasteiger partial charge in [0.15, 0.2) is 0 Å². The smallest absolute Gasteiger partial charge is 0.283 e. The minimum absolute atomic E-state index is 0.298. The summed E-state index contributed by atoms with van der Waals surface area (Å²) in [5.74, 6) is 1.14. The maximum Gasteiger partial charge on any atom is 0.283 e. The van der Waals surface area contributed by atoms with E-state index in [4.69, 9.17) is 21.1 Å². The Labute approximate surface area is 147 Å². The number of aryl methyl sites for hydroxylation is 1. The van der Waals surface area contributed by atoms with Gasteiger partial charge in [0.1, 0.15) is 18.3 Å². The Morgan fingerprint density at radius 3 is 2.96 bits per heavy atom. The molecule has 4 rings (SSSR count). The van der Waals surface area contributed by atoms with E-state index in [-0.39, 0.29) is 0 Å². The van der Waals surface area contributed by atoms with Crippen LogP contribution in [0.3, 0.4) is 0 Å². The van der Waals surface area contributed by atoms with Gasteiger partial charge in [0.25, 0.3) is 5.79 Å². The molecule has 0 spiro atoms. The van der Waals surface area contributed by atoms with Crippen LogP contribution in [-0.4, -0.2) is 15.7 Å². The molecule has 1 N–H and O–H groups in total. The Morgan fingerprint density at radius 1 is 1.30 bits per heavy atom. The summed E-state index contributed by atoms with van der Waals surface area (Å²) in [6.45, 7) is 2.58. The summed E-state index contributed by atoms with van der Waals surface area (Å²) in [7, 11) is 0. The van der Waals surface area contributed by atoms with Crippen molar-refractivity contribution in [2.24, 2.45) is 0 Å². The molecule has 2 aliphatic heterocycles. The van der Waals surface area contributed by atoms with Gasteiger partial charge < -0.3 is 14.8 Å². The van der Waals surface area contributed by atoms with Gasteiger partial charge in [-0.3, -0.25) is 0 Å². The van der Waals surface area contributed by atoms with Gasteiger partial charge in [-0.05, 0) is 23.7 Å². The first-order valence-electron chi connectivity index (χ1n) is 7.17. The Kier molecular flexibility index (Phi) is 3.87. The zero-order chi connectivity index (χ0) is 15.9. The second kappa shape index (κ2) is 5.89. The standard InChI is InChI=1S/C15H14ClN3O2S2/c1-15(20-5-6-21-15)11-3-2-9(23-11)8-17-13-12-10(4-7-22-12)18-14(16)19-13/h2-3,5-6H,4,7-8H2,1H3,(H,17,18,19). The maximum absolute atomic E-state index is 6.01. The first-order valence-corrected chi connectivity index (χ1v) is 9.35. The Hall–Kier alpha value is -1.44. The molecule has 0 unspecified atom stereocenters. The molecule has 120 valence electrons. The van der Waals surface area contributed by atoms with E-state index in [0.717, 1.165) is 33.5 Å². The number of ether oxygens (including phenoxy) is 2. The van der Waals surface area contributed by atoms with Gasteiger partial charge in [0.05, 0.1) is 22.0 Å². The third-order valence-electron chi connectivity index (χ3n) is 3.67. The molecule has 0 fully saturated rings. The highest BCUT2D eigenvalue weighted by atomic mass is 35.5. The summed E-state index contributed by atoms with van der Waals surface area (Å²) in [5.41, 5.74) is 1.04. The molecule has 5 nitrogen and oxygen atoms in total. The van der Waals surface area contributed by atoms with Crippen molar-refractivity contribution in [2.45, 2.75) is 30.6 Å². The number of anilines is 1. The van der Waals surface area contributed by atoms with Crippen molar-refractivity contribution in [3.63, 3.8) is 0 Å². The molecule has 0 amide bonds. The summed E-state index contributed by atoms with van der Waals surface area (Å²) < 4.78 is 11.0. The Morgan fingerprint density at radius 2 is 2.13 bits per heavy atom. The molecule has 0 aliphatic carbocycles. The van der Waals surface area contributed by atoms with Gasteiger partial charge >= 0.3 is 0 Å². The average molecular weight is 368 g/mol. The largest absolute Gasteiger partial charge is 0.452 e.